The summed E-state index contributed by atoms with van der Waals surface area (Å²) in [6, 6.07) is 10.3. The van der Waals surface area contributed by atoms with Crippen molar-refractivity contribution in [2.24, 2.45) is 0 Å². The van der Waals surface area contributed by atoms with Crippen molar-refractivity contribution >= 4 is 0 Å². The second-order valence-corrected chi connectivity index (χ2v) is 3.40. The summed E-state index contributed by atoms with van der Waals surface area (Å²) >= 11 is 0. The zero-order valence-corrected chi connectivity index (χ0v) is 8.50. The Morgan fingerprint density at radius 2 is 1.53 bits per heavy atom. The molecule has 1 nitrogen and oxygen atoms in total. The van der Waals surface area contributed by atoms with Crippen LogP contribution in [0.4, 0.5) is 17.6 Å². The first-order valence-electron chi connectivity index (χ1n) is 4.77. The van der Waals surface area contributed by atoms with Crippen molar-refractivity contribution in [3.8, 4) is 11.3 Å². The molecule has 0 amide bonds. The third-order valence-electron chi connectivity index (χ3n) is 2.22. The molecule has 0 aliphatic carbocycles. The van der Waals surface area contributed by atoms with Gasteiger partial charge >= 0.3 is 6.18 Å². The van der Waals surface area contributed by atoms with E-state index in [2.05, 4.69) is 4.98 Å². The Labute approximate surface area is 94.7 Å². The van der Waals surface area contributed by atoms with E-state index in [9.17, 15) is 17.6 Å². The Morgan fingerprint density at radius 1 is 0.882 bits per heavy atom. The molecule has 1 heterocycles. The standard InChI is InChI=1S/C12H7F4N/c13-11-9(12(14,15)16)6-7-10(17-11)8-4-2-1-3-5-8/h1-7H. The van der Waals surface area contributed by atoms with Crippen molar-refractivity contribution < 1.29 is 17.6 Å². The molecule has 1 aromatic carbocycles. The van der Waals surface area contributed by atoms with Crippen molar-refractivity contribution in [2.45, 2.75) is 6.18 Å². The molecule has 0 N–H and O–H groups in total. The lowest BCUT2D eigenvalue weighted by Gasteiger charge is -2.08. The Hall–Kier alpha value is -1.91. The maximum Gasteiger partial charge on any atom is 0.420 e. The fourth-order valence-corrected chi connectivity index (χ4v) is 1.42. The molecule has 0 saturated heterocycles. The number of hydrogen-bond acceptors (Lipinski definition) is 1. The van der Waals surface area contributed by atoms with Crippen LogP contribution in [0.25, 0.3) is 11.3 Å². The van der Waals surface area contributed by atoms with Gasteiger partial charge in [0.05, 0.1) is 5.69 Å². The van der Waals surface area contributed by atoms with E-state index in [-0.39, 0.29) is 5.69 Å². The lowest BCUT2D eigenvalue weighted by atomic mass is 10.1. The predicted octanol–water partition coefficient (Wildman–Crippen LogP) is 3.91. The summed E-state index contributed by atoms with van der Waals surface area (Å²) in [6.45, 7) is 0. The minimum absolute atomic E-state index is 0.177. The van der Waals surface area contributed by atoms with Crippen LogP contribution < -0.4 is 0 Å². The number of halogens is 4. The molecule has 17 heavy (non-hydrogen) atoms. The van der Waals surface area contributed by atoms with E-state index in [1.54, 1.807) is 30.3 Å². The molecule has 2 rings (SSSR count). The third-order valence-corrected chi connectivity index (χ3v) is 2.22. The van der Waals surface area contributed by atoms with E-state index in [1.165, 1.54) is 0 Å². The zero-order valence-electron chi connectivity index (χ0n) is 8.50. The highest BCUT2D eigenvalue weighted by molar-refractivity contribution is 5.58. The molecule has 0 spiro atoms. The Bertz CT molecular complexity index is 520. The first-order valence-corrected chi connectivity index (χ1v) is 4.77. The van der Waals surface area contributed by atoms with Gasteiger partial charge in [-0.1, -0.05) is 30.3 Å². The van der Waals surface area contributed by atoms with Gasteiger partial charge in [-0.3, -0.25) is 0 Å². The predicted molar refractivity (Wildman–Crippen MR) is 54.6 cm³/mol. The topological polar surface area (TPSA) is 12.9 Å². The average Bonchev–Trinajstić information content (AvgIpc) is 2.28. The summed E-state index contributed by atoms with van der Waals surface area (Å²) < 4.78 is 50.1. The van der Waals surface area contributed by atoms with Crippen LogP contribution in [0.15, 0.2) is 42.5 Å². The van der Waals surface area contributed by atoms with Gasteiger partial charge < -0.3 is 0 Å². The van der Waals surface area contributed by atoms with Gasteiger partial charge in [0.15, 0.2) is 0 Å². The molecule has 0 aliphatic rings. The van der Waals surface area contributed by atoms with Crippen LogP contribution in [0.1, 0.15) is 5.56 Å². The van der Waals surface area contributed by atoms with E-state index in [0.717, 1.165) is 6.07 Å². The van der Waals surface area contributed by atoms with Crippen LogP contribution >= 0.6 is 0 Å². The fraction of sp³-hybridized carbons (Fsp3) is 0.0833. The van der Waals surface area contributed by atoms with Crippen LogP contribution in [0.5, 0.6) is 0 Å². The molecule has 0 fully saturated rings. The normalized spacial score (nSPS) is 11.5. The van der Waals surface area contributed by atoms with Crippen molar-refractivity contribution in [1.82, 2.24) is 4.98 Å². The van der Waals surface area contributed by atoms with Gasteiger partial charge in [-0.2, -0.15) is 17.6 Å². The van der Waals surface area contributed by atoms with E-state index >= 15 is 0 Å². The van der Waals surface area contributed by atoms with Gasteiger partial charge in [-0.25, -0.2) is 4.98 Å². The summed E-state index contributed by atoms with van der Waals surface area (Å²) in [4.78, 5) is 3.32. The number of pyridine rings is 1. The van der Waals surface area contributed by atoms with Crippen LogP contribution in [-0.2, 0) is 6.18 Å². The molecular weight excluding hydrogens is 234 g/mol. The second kappa shape index (κ2) is 4.16. The van der Waals surface area contributed by atoms with Gasteiger partial charge in [-0.05, 0) is 12.1 Å². The maximum absolute atomic E-state index is 13.2. The summed E-state index contributed by atoms with van der Waals surface area (Å²) in [5, 5.41) is 0. The van der Waals surface area contributed by atoms with Gasteiger partial charge in [0.2, 0.25) is 5.95 Å². The molecule has 88 valence electrons. The summed E-state index contributed by atoms with van der Waals surface area (Å²) in [6.07, 6.45) is -4.72. The third kappa shape index (κ3) is 2.43. The Kier molecular flexibility index (Phi) is 2.83. The lowest BCUT2D eigenvalue weighted by molar-refractivity contribution is -0.140. The molecule has 0 atom stereocenters. The first kappa shape index (κ1) is 11.6. The van der Waals surface area contributed by atoms with Crippen molar-refractivity contribution in [3.63, 3.8) is 0 Å². The van der Waals surface area contributed by atoms with E-state index in [4.69, 9.17) is 0 Å². The van der Waals surface area contributed by atoms with Crippen molar-refractivity contribution in [2.75, 3.05) is 0 Å². The maximum atomic E-state index is 13.2. The zero-order chi connectivity index (χ0) is 12.5. The van der Waals surface area contributed by atoms with E-state index in [0.29, 0.717) is 11.6 Å². The number of rotatable bonds is 1. The van der Waals surface area contributed by atoms with Gasteiger partial charge in [0.25, 0.3) is 0 Å². The monoisotopic (exact) mass is 241 g/mol. The van der Waals surface area contributed by atoms with Gasteiger partial charge in [0.1, 0.15) is 5.56 Å². The quantitative estimate of drug-likeness (QED) is 0.545. The van der Waals surface area contributed by atoms with Crippen molar-refractivity contribution in [1.29, 1.82) is 0 Å². The highest BCUT2D eigenvalue weighted by atomic mass is 19.4. The smallest absolute Gasteiger partial charge is 0.219 e. The first-order chi connectivity index (χ1) is 7.98. The number of aromatic nitrogens is 1. The van der Waals surface area contributed by atoms with Gasteiger partial charge in [-0.15, -0.1) is 0 Å². The highest BCUT2D eigenvalue weighted by Crippen LogP contribution is 2.31. The van der Waals surface area contributed by atoms with Gasteiger partial charge in [0, 0.05) is 5.56 Å². The number of alkyl halides is 3. The second-order valence-electron chi connectivity index (χ2n) is 3.40. The number of hydrogen-bond donors (Lipinski definition) is 0. The van der Waals surface area contributed by atoms with Crippen molar-refractivity contribution in [3.05, 3.63) is 54.0 Å². The van der Waals surface area contributed by atoms with E-state index in [1.807, 2.05) is 0 Å². The van der Waals surface area contributed by atoms with Crippen LogP contribution in [0.2, 0.25) is 0 Å². The van der Waals surface area contributed by atoms with E-state index < -0.39 is 17.7 Å². The summed E-state index contributed by atoms with van der Waals surface area (Å²) in [5.74, 6) is -1.50. The highest BCUT2D eigenvalue weighted by Gasteiger charge is 2.34. The molecule has 5 heteroatoms. The molecule has 1 aromatic heterocycles. The largest absolute Gasteiger partial charge is 0.420 e. The van der Waals surface area contributed by atoms with Crippen LogP contribution in [-0.4, -0.2) is 4.98 Å². The molecule has 2 aromatic rings. The van der Waals surface area contributed by atoms with Crippen LogP contribution in [0, 0.1) is 5.95 Å². The Balaban J connectivity index is 2.45. The minimum Gasteiger partial charge on any atom is -0.219 e. The van der Waals surface area contributed by atoms with Crippen LogP contribution in [0.3, 0.4) is 0 Å². The molecule has 0 unspecified atom stereocenters. The lowest BCUT2D eigenvalue weighted by Crippen LogP contribution is -2.09. The molecule has 0 bridgehead atoms. The average molecular weight is 241 g/mol. The summed E-state index contributed by atoms with van der Waals surface area (Å²) in [5.41, 5.74) is -0.603. The Morgan fingerprint density at radius 3 is 2.06 bits per heavy atom. The molecule has 0 radical (unpaired) electrons. The number of benzene rings is 1. The molecule has 0 aliphatic heterocycles. The number of nitrogens with zero attached hydrogens (tertiary/aromatic N) is 1. The molecule has 0 saturated carbocycles. The molecular formula is C12H7F4N. The summed E-state index contributed by atoms with van der Waals surface area (Å²) in [7, 11) is 0. The SMILES string of the molecule is Fc1nc(-c2ccccc2)ccc1C(F)(F)F. The fourth-order valence-electron chi connectivity index (χ4n) is 1.42. The minimum atomic E-state index is -4.72.